The number of ether oxygens (including phenoxy) is 2. The second-order valence-corrected chi connectivity index (χ2v) is 9.04. The number of nitrogens with zero attached hydrogens (tertiary/aromatic N) is 2. The molecular formula is C23H26BrClN2O3. The van der Waals surface area contributed by atoms with Crippen molar-refractivity contribution in [1.29, 1.82) is 0 Å². The van der Waals surface area contributed by atoms with Crippen LogP contribution in [0, 0.1) is 5.92 Å². The van der Waals surface area contributed by atoms with E-state index in [1.54, 1.807) is 7.11 Å². The van der Waals surface area contributed by atoms with Gasteiger partial charge >= 0.3 is 5.97 Å². The van der Waals surface area contributed by atoms with E-state index in [4.69, 9.17) is 26.1 Å². The lowest BCUT2D eigenvalue weighted by Gasteiger charge is -2.35. The molecule has 1 fully saturated rings. The van der Waals surface area contributed by atoms with Crippen molar-refractivity contribution in [1.82, 2.24) is 9.88 Å². The number of benzene rings is 1. The van der Waals surface area contributed by atoms with Crippen LogP contribution in [-0.2, 0) is 16.0 Å². The summed E-state index contributed by atoms with van der Waals surface area (Å²) in [7, 11) is 1.68. The molecule has 0 spiro atoms. The minimum absolute atomic E-state index is 0.0168. The monoisotopic (exact) mass is 492 g/mol. The first-order chi connectivity index (χ1) is 14.5. The number of hydrogen-bond acceptors (Lipinski definition) is 5. The first-order valence-electron chi connectivity index (χ1n) is 10.5. The molecule has 1 aliphatic carbocycles. The maximum Gasteiger partial charge on any atom is 0.309 e. The Morgan fingerprint density at radius 1 is 1.30 bits per heavy atom. The molecule has 2 aromatic rings. The predicted octanol–water partition coefficient (Wildman–Crippen LogP) is 5.44. The summed E-state index contributed by atoms with van der Waals surface area (Å²) >= 11 is 10.0. The molecule has 1 aromatic carbocycles. The molecule has 1 aliphatic heterocycles. The molecule has 2 aliphatic rings. The zero-order chi connectivity index (χ0) is 21.3. The third-order valence-electron chi connectivity index (χ3n) is 6.14. The lowest BCUT2D eigenvalue weighted by atomic mass is 9.94. The molecule has 0 N–H and O–H groups in total. The summed E-state index contributed by atoms with van der Waals surface area (Å²) in [5.74, 6) is 0.635. The molecule has 0 bridgehead atoms. The van der Waals surface area contributed by atoms with Gasteiger partial charge < -0.3 is 9.47 Å². The molecule has 1 unspecified atom stereocenters. The number of aryl methyl sites for hydroxylation is 1. The van der Waals surface area contributed by atoms with E-state index in [0.717, 1.165) is 54.5 Å². The first-order valence-corrected chi connectivity index (χ1v) is 11.6. The predicted molar refractivity (Wildman–Crippen MR) is 121 cm³/mol. The molecule has 7 heteroatoms. The fraction of sp³-hybridized carbons (Fsp3) is 0.478. The van der Waals surface area contributed by atoms with Crippen LogP contribution >= 0.6 is 27.5 Å². The normalized spacial score (nSPS) is 19.5. The van der Waals surface area contributed by atoms with Gasteiger partial charge in [-0.1, -0.05) is 23.7 Å². The number of fused-ring (bicyclic) bond motifs is 1. The molecule has 5 nitrogen and oxygen atoms in total. The van der Waals surface area contributed by atoms with Crippen LogP contribution in [0.4, 0.5) is 0 Å². The van der Waals surface area contributed by atoms with Crippen LogP contribution in [0.2, 0.25) is 5.02 Å². The molecule has 1 aromatic heterocycles. The molecule has 30 heavy (non-hydrogen) atoms. The van der Waals surface area contributed by atoms with E-state index in [2.05, 4.69) is 26.9 Å². The standard InChI is InChI=1S/C23H26BrClN2O3/c1-3-30-23(28)14-9-11-27(12-10-14)19-8-7-15-13-18(26-22(29-2)20(15)19)16-5-4-6-17(24)21(16)25/h4-6,13-14,19H,3,7-12H2,1-2H3. The lowest BCUT2D eigenvalue weighted by Crippen LogP contribution is -2.38. The van der Waals surface area contributed by atoms with Crippen molar-refractivity contribution in [3.8, 4) is 17.1 Å². The molecular weight excluding hydrogens is 468 g/mol. The van der Waals surface area contributed by atoms with E-state index >= 15 is 0 Å². The van der Waals surface area contributed by atoms with Crippen molar-refractivity contribution in [2.45, 2.75) is 38.6 Å². The summed E-state index contributed by atoms with van der Waals surface area (Å²) in [6.07, 6.45) is 3.70. The highest BCUT2D eigenvalue weighted by Gasteiger charge is 2.36. The van der Waals surface area contributed by atoms with E-state index in [-0.39, 0.29) is 17.9 Å². The largest absolute Gasteiger partial charge is 0.481 e. The number of piperidine rings is 1. The van der Waals surface area contributed by atoms with Gasteiger partial charge in [0, 0.05) is 21.6 Å². The number of pyridine rings is 1. The number of hydrogen-bond donors (Lipinski definition) is 0. The Morgan fingerprint density at radius 2 is 2.07 bits per heavy atom. The Bertz CT molecular complexity index is 944. The number of methoxy groups -OCH3 is 1. The Labute approximate surface area is 190 Å². The zero-order valence-electron chi connectivity index (χ0n) is 17.3. The second-order valence-electron chi connectivity index (χ2n) is 7.81. The maximum atomic E-state index is 12.1. The molecule has 1 saturated heterocycles. The quantitative estimate of drug-likeness (QED) is 0.520. The Hall–Kier alpha value is -1.63. The van der Waals surface area contributed by atoms with Gasteiger partial charge in [-0.25, -0.2) is 4.98 Å². The van der Waals surface area contributed by atoms with Gasteiger partial charge in [0.05, 0.1) is 30.4 Å². The smallest absolute Gasteiger partial charge is 0.309 e. The van der Waals surface area contributed by atoms with Gasteiger partial charge in [-0.2, -0.15) is 0 Å². The Kier molecular flexibility index (Phi) is 6.66. The highest BCUT2D eigenvalue weighted by atomic mass is 79.9. The van der Waals surface area contributed by atoms with Crippen LogP contribution < -0.4 is 4.74 Å². The zero-order valence-corrected chi connectivity index (χ0v) is 19.6. The number of rotatable bonds is 5. The summed E-state index contributed by atoms with van der Waals surface area (Å²) in [6.45, 7) is 4.07. The second kappa shape index (κ2) is 9.25. The maximum absolute atomic E-state index is 12.1. The van der Waals surface area contributed by atoms with Crippen LogP contribution in [0.3, 0.4) is 0 Å². The average molecular weight is 494 g/mol. The van der Waals surface area contributed by atoms with Gasteiger partial charge in [0.25, 0.3) is 0 Å². The summed E-state index contributed by atoms with van der Waals surface area (Å²) in [4.78, 5) is 19.4. The van der Waals surface area contributed by atoms with E-state index in [1.165, 1.54) is 11.1 Å². The molecule has 0 saturated carbocycles. The van der Waals surface area contributed by atoms with Gasteiger partial charge in [-0.05, 0) is 79.3 Å². The number of carbonyl (C=O) groups is 1. The van der Waals surface area contributed by atoms with Gasteiger partial charge in [0.2, 0.25) is 5.88 Å². The van der Waals surface area contributed by atoms with Crippen LogP contribution in [0.15, 0.2) is 28.7 Å². The number of aromatic nitrogens is 1. The van der Waals surface area contributed by atoms with Crippen molar-refractivity contribution in [3.63, 3.8) is 0 Å². The van der Waals surface area contributed by atoms with Crippen LogP contribution in [0.1, 0.15) is 43.4 Å². The third-order valence-corrected chi connectivity index (χ3v) is 7.44. The van der Waals surface area contributed by atoms with Crippen LogP contribution in [0.5, 0.6) is 5.88 Å². The van der Waals surface area contributed by atoms with E-state index < -0.39 is 0 Å². The van der Waals surface area contributed by atoms with E-state index in [0.29, 0.717) is 17.5 Å². The molecule has 4 rings (SSSR count). The molecule has 0 radical (unpaired) electrons. The number of likely N-dealkylation sites (tertiary alicyclic amines) is 1. The SMILES string of the molecule is CCOC(=O)C1CCN(C2CCc3cc(-c4cccc(Br)c4Cl)nc(OC)c32)CC1. The molecule has 1 atom stereocenters. The number of esters is 1. The minimum Gasteiger partial charge on any atom is -0.481 e. The van der Waals surface area contributed by atoms with E-state index in [1.807, 2.05) is 25.1 Å². The van der Waals surface area contributed by atoms with Crippen molar-refractivity contribution < 1.29 is 14.3 Å². The first kappa shape index (κ1) is 21.6. The fourth-order valence-electron chi connectivity index (χ4n) is 4.65. The summed E-state index contributed by atoms with van der Waals surface area (Å²) in [5.41, 5.74) is 4.18. The highest BCUT2D eigenvalue weighted by Crippen LogP contribution is 2.44. The Morgan fingerprint density at radius 3 is 2.77 bits per heavy atom. The summed E-state index contributed by atoms with van der Waals surface area (Å²) in [5, 5.41) is 0.655. The molecule has 0 amide bonds. The highest BCUT2D eigenvalue weighted by molar-refractivity contribution is 9.10. The molecule has 2 heterocycles. The van der Waals surface area contributed by atoms with Crippen LogP contribution in [-0.4, -0.2) is 42.7 Å². The number of halogens is 2. The molecule has 160 valence electrons. The topological polar surface area (TPSA) is 51.7 Å². The van der Waals surface area contributed by atoms with Crippen molar-refractivity contribution in [2.75, 3.05) is 26.8 Å². The van der Waals surface area contributed by atoms with Crippen LogP contribution in [0.25, 0.3) is 11.3 Å². The van der Waals surface area contributed by atoms with Gasteiger partial charge in [0.1, 0.15) is 0 Å². The fourth-order valence-corrected chi connectivity index (χ4v) is 5.24. The van der Waals surface area contributed by atoms with Crippen molar-refractivity contribution in [2.24, 2.45) is 5.92 Å². The van der Waals surface area contributed by atoms with Crippen molar-refractivity contribution >= 4 is 33.5 Å². The van der Waals surface area contributed by atoms with Gasteiger partial charge in [-0.15, -0.1) is 0 Å². The third kappa shape index (κ3) is 4.10. The van der Waals surface area contributed by atoms with Crippen molar-refractivity contribution in [3.05, 3.63) is 44.9 Å². The Balaban J connectivity index is 1.58. The summed E-state index contributed by atoms with van der Waals surface area (Å²) < 4.78 is 11.8. The minimum atomic E-state index is -0.0567. The lowest BCUT2D eigenvalue weighted by molar-refractivity contribution is -0.149. The summed E-state index contributed by atoms with van der Waals surface area (Å²) in [6, 6.07) is 8.29. The van der Waals surface area contributed by atoms with Gasteiger partial charge in [0.15, 0.2) is 0 Å². The average Bonchev–Trinajstić information content (AvgIpc) is 3.19. The van der Waals surface area contributed by atoms with E-state index in [9.17, 15) is 4.79 Å². The van der Waals surface area contributed by atoms with Gasteiger partial charge in [-0.3, -0.25) is 9.69 Å². The number of carbonyl (C=O) groups excluding carboxylic acids is 1.